The van der Waals surface area contributed by atoms with Gasteiger partial charge in [-0.15, -0.1) is 0 Å². The number of hydrogen-bond acceptors (Lipinski definition) is 4. The summed E-state index contributed by atoms with van der Waals surface area (Å²) in [5.41, 5.74) is 0.465. The summed E-state index contributed by atoms with van der Waals surface area (Å²) in [5, 5.41) is 10.6. The van der Waals surface area contributed by atoms with Gasteiger partial charge in [-0.1, -0.05) is 24.3 Å². The first-order valence-electron chi connectivity index (χ1n) is 6.16. The molecule has 1 N–H and O–H groups in total. The van der Waals surface area contributed by atoms with E-state index in [0.29, 0.717) is 12.8 Å². The molecule has 0 saturated heterocycles. The predicted octanol–water partition coefficient (Wildman–Crippen LogP) is 1.03. The van der Waals surface area contributed by atoms with E-state index in [0.717, 1.165) is 15.4 Å². The minimum atomic E-state index is -3.80. The Morgan fingerprint density at radius 3 is 2.63 bits per heavy atom. The second-order valence-corrected chi connectivity index (χ2v) is 6.95. The van der Waals surface area contributed by atoms with Crippen LogP contribution in [0.1, 0.15) is 24.5 Å². The van der Waals surface area contributed by atoms with Crippen molar-refractivity contribution >= 4 is 10.3 Å². The van der Waals surface area contributed by atoms with Crippen LogP contribution in [-0.2, 0) is 26.5 Å². The maximum absolute atomic E-state index is 11.8. The highest BCUT2D eigenvalue weighted by atomic mass is 32.2. The molecule has 0 radical (unpaired) electrons. The third-order valence-electron chi connectivity index (χ3n) is 3.55. The number of aryl methyl sites for hydroxylation is 1. The zero-order chi connectivity index (χ0) is 14.3. The molecule has 1 aliphatic carbocycles. The van der Waals surface area contributed by atoms with Gasteiger partial charge in [0.15, 0.2) is 0 Å². The standard InChI is InChI=1S/C13H19NO4S/c1-13(15)11-7-5-4-6-10(11)8-9-12(13)18-19(16,17)14(2)3/h4-7,12,15H,8-9H2,1-3H3/t12-,13-/m0/s1. The van der Waals surface area contributed by atoms with Crippen LogP contribution in [0.3, 0.4) is 0 Å². The molecule has 0 heterocycles. The van der Waals surface area contributed by atoms with Crippen LogP contribution in [0, 0.1) is 0 Å². The van der Waals surface area contributed by atoms with E-state index in [4.69, 9.17) is 4.18 Å². The largest absolute Gasteiger partial charge is 0.383 e. The first kappa shape index (κ1) is 14.5. The molecule has 5 nitrogen and oxygen atoms in total. The topological polar surface area (TPSA) is 66.8 Å². The Hall–Kier alpha value is -0.950. The van der Waals surface area contributed by atoms with Crippen LogP contribution in [-0.4, -0.2) is 38.0 Å². The molecule has 1 aliphatic rings. The molecule has 6 heteroatoms. The number of aliphatic hydroxyl groups is 1. The molecule has 0 amide bonds. The molecule has 0 bridgehead atoms. The second kappa shape index (κ2) is 4.86. The molecule has 2 atom stereocenters. The number of rotatable bonds is 3. The van der Waals surface area contributed by atoms with Crippen LogP contribution >= 0.6 is 0 Å². The van der Waals surface area contributed by atoms with Crippen molar-refractivity contribution in [3.63, 3.8) is 0 Å². The first-order chi connectivity index (χ1) is 8.75. The van der Waals surface area contributed by atoms with E-state index in [2.05, 4.69) is 0 Å². The Morgan fingerprint density at radius 1 is 1.37 bits per heavy atom. The van der Waals surface area contributed by atoms with Gasteiger partial charge in [0.25, 0.3) is 0 Å². The van der Waals surface area contributed by atoms with Gasteiger partial charge >= 0.3 is 10.3 Å². The SMILES string of the molecule is CN(C)S(=O)(=O)O[C@H]1CCc2ccccc2[C@]1(C)O. The summed E-state index contributed by atoms with van der Waals surface area (Å²) in [6.45, 7) is 1.60. The van der Waals surface area contributed by atoms with Crippen LogP contribution in [0.5, 0.6) is 0 Å². The number of hydrogen-bond donors (Lipinski definition) is 1. The maximum atomic E-state index is 11.8. The normalized spacial score (nSPS) is 27.3. The minimum Gasteiger partial charge on any atom is -0.383 e. The molecule has 1 aromatic rings. The second-order valence-electron chi connectivity index (χ2n) is 5.17. The van der Waals surface area contributed by atoms with E-state index in [9.17, 15) is 13.5 Å². The molecule has 2 rings (SSSR count). The summed E-state index contributed by atoms with van der Waals surface area (Å²) >= 11 is 0. The van der Waals surface area contributed by atoms with Crippen LogP contribution in [0.25, 0.3) is 0 Å². The van der Waals surface area contributed by atoms with Crippen LogP contribution in [0.4, 0.5) is 0 Å². The molecule has 0 aliphatic heterocycles. The summed E-state index contributed by atoms with van der Waals surface area (Å²) in [6, 6.07) is 7.50. The lowest BCUT2D eigenvalue weighted by molar-refractivity contribution is -0.0626. The zero-order valence-electron chi connectivity index (χ0n) is 11.3. The Balaban J connectivity index is 2.32. The molecular weight excluding hydrogens is 266 g/mol. The lowest BCUT2D eigenvalue weighted by atomic mass is 9.78. The molecule has 19 heavy (non-hydrogen) atoms. The highest BCUT2D eigenvalue weighted by Crippen LogP contribution is 2.37. The minimum absolute atomic E-state index is 0.469. The molecule has 1 aromatic carbocycles. The van der Waals surface area contributed by atoms with Gasteiger partial charge < -0.3 is 5.11 Å². The van der Waals surface area contributed by atoms with Gasteiger partial charge in [0.1, 0.15) is 11.7 Å². The fraction of sp³-hybridized carbons (Fsp3) is 0.538. The van der Waals surface area contributed by atoms with Crippen molar-refractivity contribution in [3.8, 4) is 0 Å². The van der Waals surface area contributed by atoms with Crippen LogP contribution in [0.15, 0.2) is 24.3 Å². The molecule has 0 saturated carbocycles. The van der Waals surface area contributed by atoms with Gasteiger partial charge in [0, 0.05) is 14.1 Å². The summed E-state index contributed by atoms with van der Waals surface area (Å²) in [7, 11) is -0.991. The summed E-state index contributed by atoms with van der Waals surface area (Å²) in [4.78, 5) is 0. The maximum Gasteiger partial charge on any atom is 0.338 e. The molecular formula is C13H19NO4S. The highest BCUT2D eigenvalue weighted by Gasteiger charge is 2.42. The summed E-state index contributed by atoms with van der Waals surface area (Å²) in [5.74, 6) is 0. The number of nitrogens with zero attached hydrogens (tertiary/aromatic N) is 1. The molecule has 0 aromatic heterocycles. The third kappa shape index (κ3) is 2.67. The van der Waals surface area contributed by atoms with E-state index >= 15 is 0 Å². The van der Waals surface area contributed by atoms with Gasteiger partial charge in [-0.3, -0.25) is 4.18 Å². The Bertz CT molecular complexity index is 566. The summed E-state index contributed by atoms with van der Waals surface area (Å²) < 4.78 is 29.7. The van der Waals surface area contributed by atoms with E-state index in [1.807, 2.05) is 24.3 Å². The Labute approximate surface area is 114 Å². The van der Waals surface area contributed by atoms with Gasteiger partial charge in [-0.25, -0.2) is 0 Å². The number of fused-ring (bicyclic) bond motifs is 1. The molecule has 0 unspecified atom stereocenters. The van der Waals surface area contributed by atoms with Crippen molar-refractivity contribution in [2.75, 3.05) is 14.1 Å². The van der Waals surface area contributed by atoms with Crippen LogP contribution in [0.2, 0.25) is 0 Å². The van der Waals surface area contributed by atoms with Crippen molar-refractivity contribution in [1.82, 2.24) is 4.31 Å². The van der Waals surface area contributed by atoms with Gasteiger partial charge in [0.05, 0.1) is 0 Å². The average molecular weight is 285 g/mol. The van der Waals surface area contributed by atoms with E-state index in [-0.39, 0.29) is 0 Å². The Morgan fingerprint density at radius 2 is 2.00 bits per heavy atom. The van der Waals surface area contributed by atoms with Crippen molar-refractivity contribution in [2.45, 2.75) is 31.5 Å². The highest BCUT2D eigenvalue weighted by molar-refractivity contribution is 7.84. The zero-order valence-corrected chi connectivity index (χ0v) is 12.1. The third-order valence-corrected chi connectivity index (χ3v) is 4.92. The first-order valence-corrected chi connectivity index (χ1v) is 7.53. The average Bonchev–Trinajstić information content (AvgIpc) is 2.33. The molecule has 106 valence electrons. The van der Waals surface area contributed by atoms with Crippen LogP contribution < -0.4 is 0 Å². The van der Waals surface area contributed by atoms with Gasteiger partial charge in [-0.2, -0.15) is 12.7 Å². The van der Waals surface area contributed by atoms with Crippen molar-refractivity contribution in [1.29, 1.82) is 0 Å². The lowest BCUT2D eigenvalue weighted by Gasteiger charge is -2.38. The predicted molar refractivity (Wildman–Crippen MR) is 71.8 cm³/mol. The smallest absolute Gasteiger partial charge is 0.338 e. The summed E-state index contributed by atoms with van der Waals surface area (Å²) in [6.07, 6.45) is 0.395. The quantitative estimate of drug-likeness (QED) is 0.901. The molecule has 0 spiro atoms. The van der Waals surface area contributed by atoms with E-state index < -0.39 is 22.0 Å². The molecule has 0 fully saturated rings. The number of benzene rings is 1. The monoisotopic (exact) mass is 285 g/mol. The van der Waals surface area contributed by atoms with Crippen molar-refractivity contribution < 1.29 is 17.7 Å². The Kier molecular flexibility index (Phi) is 3.70. The fourth-order valence-electron chi connectivity index (χ4n) is 2.35. The van der Waals surface area contributed by atoms with Gasteiger partial charge in [0.2, 0.25) is 0 Å². The fourth-order valence-corrected chi connectivity index (χ4v) is 3.10. The van der Waals surface area contributed by atoms with Crippen molar-refractivity contribution in [2.24, 2.45) is 0 Å². The van der Waals surface area contributed by atoms with Gasteiger partial charge in [-0.05, 0) is 30.9 Å². The lowest BCUT2D eigenvalue weighted by Crippen LogP contribution is -2.45. The van der Waals surface area contributed by atoms with Crippen molar-refractivity contribution in [3.05, 3.63) is 35.4 Å². The van der Waals surface area contributed by atoms with E-state index in [1.54, 1.807) is 6.92 Å². The van der Waals surface area contributed by atoms with E-state index in [1.165, 1.54) is 14.1 Å².